The Balaban J connectivity index is 0.000000200. The van der Waals surface area contributed by atoms with Crippen LogP contribution in [0, 0.1) is 6.07 Å². The van der Waals surface area contributed by atoms with E-state index in [1.165, 1.54) is 33.2 Å². The molecule has 0 bridgehead atoms. The van der Waals surface area contributed by atoms with Gasteiger partial charge in [0, 0.05) is 37.9 Å². The van der Waals surface area contributed by atoms with Crippen LogP contribution in [0.4, 0.5) is 0 Å². The molecule has 1 radical (unpaired) electrons. The van der Waals surface area contributed by atoms with Gasteiger partial charge in [0.2, 0.25) is 0 Å². The van der Waals surface area contributed by atoms with Crippen LogP contribution < -0.4 is 0 Å². The third kappa shape index (κ3) is 5.31. The molecule has 6 aromatic rings. The first kappa shape index (κ1) is 26.6. The van der Waals surface area contributed by atoms with Gasteiger partial charge in [-0.3, -0.25) is 15.0 Å². The normalized spacial score (nSPS) is 11.3. The fraction of sp³-hybridized carbons (Fsp3) is 0.114. The number of hydrogen-bond acceptors (Lipinski definition) is 3. The summed E-state index contributed by atoms with van der Waals surface area (Å²) in [6.07, 6.45) is 3.54. The number of hydrogen-bond donors (Lipinski definition) is 0. The molecule has 3 heterocycles. The molecule has 0 saturated heterocycles. The Labute approximate surface area is 243 Å². The van der Waals surface area contributed by atoms with E-state index in [0.717, 1.165) is 28.2 Å². The standard InChI is InChI=1S/C25H20N.C10H8N2.Ir/c1-25(2,3)17-13-11-16(12-14-17)23-15-21-19-8-5-4-7-18(19)20-9-6-10-22(26-23)24(20)21;1-3-7-11-9(5-1)10-6-2-4-8-12-10;/h4-11,13-15H,1-3H3;1-8H;/q-1;;. The number of rotatable bonds is 2. The molecule has 0 spiro atoms. The Morgan fingerprint density at radius 2 is 1.21 bits per heavy atom. The fourth-order valence-corrected chi connectivity index (χ4v) is 4.89. The van der Waals surface area contributed by atoms with E-state index in [-0.39, 0.29) is 25.5 Å². The molecule has 0 N–H and O–H groups in total. The van der Waals surface area contributed by atoms with Crippen molar-refractivity contribution < 1.29 is 20.1 Å². The van der Waals surface area contributed by atoms with Gasteiger partial charge >= 0.3 is 0 Å². The average Bonchev–Trinajstić information content (AvgIpc) is 3.29. The van der Waals surface area contributed by atoms with Crippen LogP contribution in [0.5, 0.6) is 0 Å². The third-order valence-electron chi connectivity index (χ3n) is 6.89. The summed E-state index contributed by atoms with van der Waals surface area (Å²) in [6, 6.07) is 38.8. The number of aromatic nitrogens is 3. The molecule has 1 aliphatic rings. The molecule has 3 nitrogen and oxygen atoms in total. The number of fused-ring (bicyclic) bond motifs is 3. The van der Waals surface area contributed by atoms with Gasteiger partial charge in [-0.1, -0.05) is 75.4 Å². The second-order valence-electron chi connectivity index (χ2n) is 10.5. The van der Waals surface area contributed by atoms with Gasteiger partial charge in [0.25, 0.3) is 0 Å². The first-order chi connectivity index (χ1) is 18.5. The van der Waals surface area contributed by atoms with E-state index >= 15 is 0 Å². The second kappa shape index (κ2) is 11.0. The van der Waals surface area contributed by atoms with Gasteiger partial charge in [-0.15, -0.1) is 35.4 Å². The van der Waals surface area contributed by atoms with Crippen LogP contribution in [-0.2, 0) is 25.5 Å². The van der Waals surface area contributed by atoms with Gasteiger partial charge < -0.3 is 0 Å². The first-order valence-electron chi connectivity index (χ1n) is 12.9. The summed E-state index contributed by atoms with van der Waals surface area (Å²) in [4.78, 5) is 13.3. The smallest absolute Gasteiger partial charge is 0.0886 e. The molecular formula is C35H28IrN3-. The molecule has 193 valence electrons. The predicted octanol–water partition coefficient (Wildman–Crippen LogP) is 8.79. The van der Waals surface area contributed by atoms with E-state index in [1.54, 1.807) is 12.4 Å². The van der Waals surface area contributed by atoms with Crippen LogP contribution in [0.3, 0.4) is 0 Å². The zero-order valence-corrected chi connectivity index (χ0v) is 24.5. The molecule has 4 heteroatoms. The van der Waals surface area contributed by atoms with Crippen LogP contribution in [0.25, 0.3) is 55.8 Å². The maximum absolute atomic E-state index is 4.95. The molecule has 0 saturated carbocycles. The number of nitrogens with zero attached hydrogens (tertiary/aromatic N) is 3. The molecule has 0 atom stereocenters. The minimum absolute atomic E-state index is 0. The topological polar surface area (TPSA) is 38.7 Å². The maximum atomic E-state index is 4.95. The van der Waals surface area contributed by atoms with Crippen molar-refractivity contribution in [3.8, 4) is 44.9 Å². The zero-order valence-electron chi connectivity index (χ0n) is 22.1. The molecule has 1 aliphatic carbocycles. The van der Waals surface area contributed by atoms with Crippen molar-refractivity contribution in [3.05, 3.63) is 127 Å². The Kier molecular flexibility index (Phi) is 7.52. The molecule has 3 aromatic carbocycles. The van der Waals surface area contributed by atoms with Crippen molar-refractivity contribution in [2.75, 3.05) is 0 Å². The van der Waals surface area contributed by atoms with Crippen LogP contribution in [-0.4, -0.2) is 15.0 Å². The summed E-state index contributed by atoms with van der Waals surface area (Å²) in [5.74, 6) is 0. The minimum atomic E-state index is 0. The van der Waals surface area contributed by atoms with Gasteiger partial charge in [0.1, 0.15) is 0 Å². The molecule has 0 amide bonds. The molecule has 39 heavy (non-hydrogen) atoms. The van der Waals surface area contributed by atoms with E-state index < -0.39 is 0 Å². The summed E-state index contributed by atoms with van der Waals surface area (Å²) in [5, 5.41) is 1.27. The Morgan fingerprint density at radius 1 is 0.590 bits per heavy atom. The third-order valence-corrected chi connectivity index (χ3v) is 6.89. The van der Waals surface area contributed by atoms with E-state index in [4.69, 9.17) is 4.98 Å². The van der Waals surface area contributed by atoms with Gasteiger partial charge in [-0.2, -0.15) is 0 Å². The predicted molar refractivity (Wildman–Crippen MR) is 157 cm³/mol. The molecule has 0 aliphatic heterocycles. The van der Waals surface area contributed by atoms with Crippen molar-refractivity contribution in [2.45, 2.75) is 26.2 Å². The molecule has 3 aromatic heterocycles. The average molecular weight is 683 g/mol. The largest absolute Gasteiger partial charge is 0.296 e. The summed E-state index contributed by atoms with van der Waals surface area (Å²) in [7, 11) is 0. The Bertz CT molecular complexity index is 1690. The Hall–Kier alpha value is -3.98. The number of benzene rings is 3. The maximum Gasteiger partial charge on any atom is 0.0886 e. The van der Waals surface area contributed by atoms with E-state index in [1.807, 2.05) is 36.4 Å². The van der Waals surface area contributed by atoms with Crippen molar-refractivity contribution >= 4 is 10.9 Å². The van der Waals surface area contributed by atoms with Crippen molar-refractivity contribution in [3.63, 3.8) is 0 Å². The summed E-state index contributed by atoms with van der Waals surface area (Å²) < 4.78 is 0. The molecule has 7 rings (SSSR count). The van der Waals surface area contributed by atoms with Crippen LogP contribution in [0.15, 0.2) is 116 Å². The summed E-state index contributed by atoms with van der Waals surface area (Å²) in [6.45, 7) is 6.68. The number of pyridine rings is 3. The summed E-state index contributed by atoms with van der Waals surface area (Å²) in [5.41, 5.74) is 11.5. The minimum Gasteiger partial charge on any atom is -0.296 e. The molecule has 0 fully saturated rings. The van der Waals surface area contributed by atoms with Crippen LogP contribution in [0.2, 0.25) is 0 Å². The second-order valence-corrected chi connectivity index (χ2v) is 10.5. The van der Waals surface area contributed by atoms with E-state index in [9.17, 15) is 0 Å². The van der Waals surface area contributed by atoms with E-state index in [2.05, 4.69) is 104 Å². The van der Waals surface area contributed by atoms with E-state index in [0.29, 0.717) is 0 Å². The molecular weight excluding hydrogens is 655 g/mol. The molecule has 0 unspecified atom stereocenters. The van der Waals surface area contributed by atoms with Crippen LogP contribution >= 0.6 is 0 Å². The Morgan fingerprint density at radius 3 is 1.77 bits per heavy atom. The van der Waals surface area contributed by atoms with Gasteiger partial charge in [0.15, 0.2) is 0 Å². The van der Waals surface area contributed by atoms with Gasteiger partial charge in [0.05, 0.1) is 16.9 Å². The van der Waals surface area contributed by atoms with Gasteiger partial charge in [-0.25, -0.2) is 0 Å². The monoisotopic (exact) mass is 683 g/mol. The van der Waals surface area contributed by atoms with Crippen LogP contribution in [0.1, 0.15) is 26.3 Å². The first-order valence-corrected chi connectivity index (χ1v) is 12.9. The van der Waals surface area contributed by atoms with Crippen molar-refractivity contribution in [1.82, 2.24) is 15.0 Å². The van der Waals surface area contributed by atoms with Crippen molar-refractivity contribution in [1.29, 1.82) is 0 Å². The SMILES string of the molecule is CC(C)(C)c1c[c-]c(-c2cc3c4c(cccc4n2)-c2ccccc2-3)cc1.[Ir].c1ccc(-c2ccccn2)nc1. The summed E-state index contributed by atoms with van der Waals surface area (Å²) >= 11 is 0. The quantitative estimate of drug-likeness (QED) is 0.171. The van der Waals surface area contributed by atoms with Gasteiger partial charge in [-0.05, 0) is 63.7 Å². The zero-order chi connectivity index (χ0) is 26.1. The fourth-order valence-electron chi connectivity index (χ4n) is 4.89. The van der Waals surface area contributed by atoms with Crippen molar-refractivity contribution in [2.24, 2.45) is 0 Å².